The number of ether oxygens (including phenoxy) is 3. The minimum absolute atomic E-state index is 0. The number of alkyl halides is 3. The lowest BCUT2D eigenvalue weighted by Crippen LogP contribution is -2.35. The molecule has 21 heavy (non-hydrogen) atoms. The Bertz CT molecular complexity index is 510. The van der Waals surface area contributed by atoms with Crippen molar-refractivity contribution in [2.45, 2.75) is 18.8 Å². The van der Waals surface area contributed by atoms with Crippen molar-refractivity contribution in [3.8, 4) is 11.5 Å². The van der Waals surface area contributed by atoms with Gasteiger partial charge in [0.2, 0.25) is 0 Å². The summed E-state index contributed by atoms with van der Waals surface area (Å²) in [6.07, 6.45) is -4.83. The van der Waals surface area contributed by atoms with Crippen LogP contribution in [0.1, 0.15) is 18.0 Å². The molecule has 1 aliphatic heterocycles. The number of carbonyl (C=O) groups is 1. The minimum Gasteiger partial charge on any atom is -0.496 e. The van der Waals surface area contributed by atoms with Crippen LogP contribution in [0, 0.1) is 0 Å². The third-order valence-electron chi connectivity index (χ3n) is 2.75. The summed E-state index contributed by atoms with van der Waals surface area (Å²) in [7, 11) is 1.33. The quantitative estimate of drug-likeness (QED) is 0.926. The average Bonchev–Trinajstić information content (AvgIpc) is 2.36. The molecule has 1 saturated heterocycles. The zero-order valence-electron chi connectivity index (χ0n) is 10.9. The van der Waals surface area contributed by atoms with Crippen LogP contribution >= 0.6 is 12.4 Å². The number of benzene rings is 1. The van der Waals surface area contributed by atoms with E-state index in [1.165, 1.54) is 19.2 Å². The maximum absolute atomic E-state index is 12.1. The number of hydrogen-bond acceptors (Lipinski definition) is 4. The Morgan fingerprint density at radius 2 is 2.10 bits per heavy atom. The maximum atomic E-state index is 12.1. The fraction of sp³-hybridized carbons (Fsp3) is 0.417. The molecule has 1 aromatic rings. The Morgan fingerprint density at radius 3 is 2.67 bits per heavy atom. The summed E-state index contributed by atoms with van der Waals surface area (Å²) in [5.74, 6) is -0.171. The van der Waals surface area contributed by atoms with Crippen LogP contribution in [0.15, 0.2) is 18.2 Å². The van der Waals surface area contributed by atoms with Gasteiger partial charge in [0.25, 0.3) is 0 Å². The van der Waals surface area contributed by atoms with E-state index in [2.05, 4.69) is 10.1 Å². The van der Waals surface area contributed by atoms with Gasteiger partial charge >= 0.3 is 12.5 Å². The Balaban J connectivity index is 0.00000220. The Hall–Kier alpha value is -1.83. The number of cyclic esters (lactones) is 1. The summed E-state index contributed by atoms with van der Waals surface area (Å²) in [5.41, 5.74) is 0.568. The highest BCUT2D eigenvalue weighted by molar-refractivity contribution is 5.85. The lowest BCUT2D eigenvalue weighted by atomic mass is 10.0. The summed E-state index contributed by atoms with van der Waals surface area (Å²) in [6, 6.07) is 3.36. The second-order valence-corrected chi connectivity index (χ2v) is 4.07. The lowest BCUT2D eigenvalue weighted by Gasteiger charge is -2.25. The summed E-state index contributed by atoms with van der Waals surface area (Å²) in [5, 5.41) is 2.57. The second-order valence-electron chi connectivity index (χ2n) is 4.07. The van der Waals surface area contributed by atoms with E-state index in [1.54, 1.807) is 0 Å². The monoisotopic (exact) mass is 327 g/mol. The van der Waals surface area contributed by atoms with Gasteiger partial charge in [-0.1, -0.05) is 0 Å². The van der Waals surface area contributed by atoms with Crippen molar-refractivity contribution >= 4 is 18.5 Å². The van der Waals surface area contributed by atoms with Gasteiger partial charge in [0.1, 0.15) is 11.5 Å². The molecule has 0 aromatic heterocycles. The number of nitrogens with one attached hydrogen (secondary N) is 1. The van der Waals surface area contributed by atoms with E-state index in [1.807, 2.05) is 0 Å². The zero-order valence-corrected chi connectivity index (χ0v) is 11.7. The fourth-order valence-electron chi connectivity index (χ4n) is 1.94. The normalized spacial score (nSPS) is 18.1. The van der Waals surface area contributed by atoms with E-state index in [9.17, 15) is 18.0 Å². The van der Waals surface area contributed by atoms with Crippen LogP contribution in [0.25, 0.3) is 0 Å². The van der Waals surface area contributed by atoms with E-state index >= 15 is 0 Å². The smallest absolute Gasteiger partial charge is 0.496 e. The first kappa shape index (κ1) is 17.2. The molecule has 1 amide bonds. The molecule has 2 rings (SSSR count). The first-order chi connectivity index (χ1) is 9.39. The van der Waals surface area contributed by atoms with Gasteiger partial charge in [0.15, 0.2) is 0 Å². The molecule has 0 unspecified atom stereocenters. The lowest BCUT2D eigenvalue weighted by molar-refractivity contribution is -0.274. The molecule has 1 fully saturated rings. The second kappa shape index (κ2) is 6.75. The van der Waals surface area contributed by atoms with Crippen LogP contribution in [0.4, 0.5) is 18.0 Å². The zero-order chi connectivity index (χ0) is 14.8. The van der Waals surface area contributed by atoms with Gasteiger partial charge < -0.3 is 19.5 Å². The van der Waals surface area contributed by atoms with Crippen molar-refractivity contribution in [2.24, 2.45) is 0 Å². The highest BCUT2D eigenvalue weighted by Crippen LogP contribution is 2.34. The van der Waals surface area contributed by atoms with Crippen molar-refractivity contribution in [3.63, 3.8) is 0 Å². The number of methoxy groups -OCH3 is 1. The van der Waals surface area contributed by atoms with Crippen LogP contribution in [0.3, 0.4) is 0 Å². The molecular weight excluding hydrogens is 315 g/mol. The molecule has 5 nitrogen and oxygen atoms in total. The van der Waals surface area contributed by atoms with Gasteiger partial charge in [-0.05, 0) is 12.1 Å². The standard InChI is InChI=1S/C12H12F3NO4.ClH/c1-18-10-6-7(20-12(13,14)15)2-3-8(10)9-4-5-19-11(17)16-9;/h2-3,6,9H,4-5H2,1H3,(H,16,17);1H/t9-;/m0./s1. The highest BCUT2D eigenvalue weighted by Gasteiger charge is 2.32. The molecule has 0 bridgehead atoms. The first-order valence-electron chi connectivity index (χ1n) is 5.76. The van der Waals surface area contributed by atoms with E-state index in [4.69, 9.17) is 9.47 Å². The Labute approximate surface area is 124 Å². The first-order valence-corrected chi connectivity index (χ1v) is 5.76. The molecular formula is C12H13ClF3NO4. The van der Waals surface area contributed by atoms with Crippen LogP contribution < -0.4 is 14.8 Å². The predicted molar refractivity (Wildman–Crippen MR) is 68.8 cm³/mol. The molecule has 0 aliphatic carbocycles. The van der Waals surface area contributed by atoms with Crippen molar-refractivity contribution < 1.29 is 32.2 Å². The molecule has 1 aromatic carbocycles. The van der Waals surface area contributed by atoms with Gasteiger partial charge in [-0.15, -0.1) is 25.6 Å². The third kappa shape index (κ3) is 4.59. The number of amides is 1. The summed E-state index contributed by atoms with van der Waals surface area (Å²) in [6.45, 7) is 0.237. The topological polar surface area (TPSA) is 56.8 Å². The van der Waals surface area contributed by atoms with E-state index < -0.39 is 12.5 Å². The highest BCUT2D eigenvalue weighted by atomic mass is 35.5. The number of rotatable bonds is 3. The summed E-state index contributed by atoms with van der Waals surface area (Å²) < 4.78 is 50.0. The van der Waals surface area contributed by atoms with Crippen LogP contribution in [-0.2, 0) is 4.74 Å². The summed E-state index contributed by atoms with van der Waals surface area (Å²) >= 11 is 0. The van der Waals surface area contributed by atoms with E-state index in [0.717, 1.165) is 6.07 Å². The number of carbonyl (C=O) groups excluding carboxylic acids is 1. The molecule has 0 saturated carbocycles. The van der Waals surface area contributed by atoms with Crippen LogP contribution in [-0.4, -0.2) is 26.2 Å². The largest absolute Gasteiger partial charge is 0.573 e. The van der Waals surface area contributed by atoms with Crippen molar-refractivity contribution in [1.29, 1.82) is 0 Å². The van der Waals surface area contributed by atoms with Gasteiger partial charge in [-0.2, -0.15) is 0 Å². The number of alkyl carbamates (subject to hydrolysis) is 1. The number of halogens is 4. The maximum Gasteiger partial charge on any atom is 0.573 e. The van der Waals surface area contributed by atoms with Crippen LogP contribution in [0.5, 0.6) is 11.5 Å². The minimum atomic E-state index is -4.76. The van der Waals surface area contributed by atoms with Crippen molar-refractivity contribution in [2.75, 3.05) is 13.7 Å². The third-order valence-corrected chi connectivity index (χ3v) is 2.75. The van der Waals surface area contributed by atoms with Gasteiger partial charge in [-0.25, -0.2) is 4.79 Å². The van der Waals surface area contributed by atoms with E-state index in [0.29, 0.717) is 12.0 Å². The molecule has 1 aliphatic rings. The molecule has 1 heterocycles. The SMILES string of the molecule is COc1cc(OC(F)(F)F)ccc1[C@@H]1CCOC(=O)N1.Cl. The predicted octanol–water partition coefficient (Wildman–Crippen LogP) is 3.19. The van der Waals surface area contributed by atoms with Crippen molar-refractivity contribution in [1.82, 2.24) is 5.32 Å². The fourth-order valence-corrected chi connectivity index (χ4v) is 1.94. The average molecular weight is 328 g/mol. The van der Waals surface area contributed by atoms with Gasteiger partial charge in [-0.3, -0.25) is 0 Å². The molecule has 0 radical (unpaired) electrons. The molecule has 1 N–H and O–H groups in total. The molecule has 118 valence electrons. The molecule has 9 heteroatoms. The molecule has 1 atom stereocenters. The van der Waals surface area contributed by atoms with Gasteiger partial charge in [0.05, 0.1) is 19.8 Å². The Morgan fingerprint density at radius 1 is 1.38 bits per heavy atom. The number of hydrogen-bond donors (Lipinski definition) is 1. The Kier molecular flexibility index (Phi) is 5.54. The van der Waals surface area contributed by atoms with Crippen molar-refractivity contribution in [3.05, 3.63) is 23.8 Å². The summed E-state index contributed by atoms with van der Waals surface area (Å²) in [4.78, 5) is 11.2. The molecule has 0 spiro atoms. The van der Waals surface area contributed by atoms with Gasteiger partial charge in [0, 0.05) is 18.1 Å². The van der Waals surface area contributed by atoms with Crippen LogP contribution in [0.2, 0.25) is 0 Å². The van der Waals surface area contributed by atoms with E-state index in [-0.39, 0.29) is 36.6 Å².